The van der Waals surface area contributed by atoms with Crippen molar-refractivity contribution in [2.24, 2.45) is 0 Å². The molecule has 1 aliphatic rings. The number of aromatic hydroxyl groups is 1. The molecule has 2 N–H and O–H groups in total. The highest BCUT2D eigenvalue weighted by Gasteiger charge is 2.29. The second-order valence-corrected chi connectivity index (χ2v) is 5.21. The molecule has 7 heteroatoms. The van der Waals surface area contributed by atoms with Crippen molar-refractivity contribution in [1.82, 2.24) is 0 Å². The van der Waals surface area contributed by atoms with Gasteiger partial charge in [0.1, 0.15) is 12.3 Å². The fourth-order valence-corrected chi connectivity index (χ4v) is 2.53. The van der Waals surface area contributed by atoms with Crippen molar-refractivity contribution in [2.75, 3.05) is 31.0 Å². The second kappa shape index (κ2) is 6.11. The van der Waals surface area contributed by atoms with E-state index < -0.39 is 0 Å². The third-order valence-corrected chi connectivity index (χ3v) is 3.75. The lowest BCUT2D eigenvalue weighted by Gasteiger charge is -2.20. The topological polar surface area (TPSA) is 88.1 Å². The Kier molecular flexibility index (Phi) is 3.99. The lowest BCUT2D eigenvalue weighted by molar-refractivity contribution is -0.114. The highest BCUT2D eigenvalue weighted by atomic mass is 16.5. The molecule has 0 aromatic heterocycles. The molecule has 0 atom stereocenters. The van der Waals surface area contributed by atoms with Crippen LogP contribution in [0.1, 0.15) is 10.4 Å². The van der Waals surface area contributed by atoms with Crippen molar-refractivity contribution in [2.45, 2.75) is 0 Å². The number of anilines is 2. The zero-order valence-electron chi connectivity index (χ0n) is 13.2. The van der Waals surface area contributed by atoms with Crippen LogP contribution < -0.4 is 19.7 Å². The maximum atomic E-state index is 12.9. The number of nitrogens with one attached hydrogen (secondary N) is 1. The molecule has 0 aliphatic carbocycles. The van der Waals surface area contributed by atoms with Crippen LogP contribution in [0.25, 0.3) is 0 Å². The van der Waals surface area contributed by atoms with E-state index in [4.69, 9.17) is 9.47 Å². The SMILES string of the molecule is COc1ccc(N2CC(=O)Nc3cc(O)c(OC)cc3C2=O)cc1. The molecule has 0 fully saturated rings. The molecule has 3 rings (SSSR count). The lowest BCUT2D eigenvalue weighted by Crippen LogP contribution is -2.35. The third kappa shape index (κ3) is 2.71. The zero-order chi connectivity index (χ0) is 17.3. The van der Waals surface area contributed by atoms with Crippen molar-refractivity contribution < 1.29 is 24.2 Å². The van der Waals surface area contributed by atoms with Crippen molar-refractivity contribution in [3.63, 3.8) is 0 Å². The van der Waals surface area contributed by atoms with Crippen LogP contribution in [0.2, 0.25) is 0 Å². The first-order valence-electron chi connectivity index (χ1n) is 7.20. The van der Waals surface area contributed by atoms with Crippen LogP contribution in [0.15, 0.2) is 36.4 Å². The van der Waals surface area contributed by atoms with E-state index in [2.05, 4.69) is 5.32 Å². The smallest absolute Gasteiger partial charge is 0.261 e. The molecule has 1 aliphatic heterocycles. The predicted molar refractivity (Wildman–Crippen MR) is 88.0 cm³/mol. The monoisotopic (exact) mass is 328 g/mol. The summed E-state index contributed by atoms with van der Waals surface area (Å²) in [5.74, 6) is -0.0676. The van der Waals surface area contributed by atoms with Crippen LogP contribution in [-0.2, 0) is 4.79 Å². The van der Waals surface area contributed by atoms with E-state index in [9.17, 15) is 14.7 Å². The van der Waals surface area contributed by atoms with E-state index in [1.165, 1.54) is 24.1 Å². The molecule has 7 nitrogen and oxygen atoms in total. The number of phenols is 1. The molecular formula is C17H16N2O5. The van der Waals surface area contributed by atoms with Crippen molar-refractivity contribution in [3.05, 3.63) is 42.0 Å². The van der Waals surface area contributed by atoms with Crippen molar-refractivity contribution in [1.29, 1.82) is 0 Å². The van der Waals surface area contributed by atoms with E-state index in [0.29, 0.717) is 11.4 Å². The van der Waals surface area contributed by atoms with Crippen molar-refractivity contribution in [3.8, 4) is 17.2 Å². The quantitative estimate of drug-likeness (QED) is 0.900. The molecule has 0 saturated heterocycles. The molecule has 0 unspecified atom stereocenters. The van der Waals surface area contributed by atoms with Gasteiger partial charge in [0.25, 0.3) is 5.91 Å². The van der Waals surface area contributed by atoms with Crippen LogP contribution in [0.3, 0.4) is 0 Å². The number of nitrogens with zero attached hydrogens (tertiary/aromatic N) is 1. The largest absolute Gasteiger partial charge is 0.504 e. The average molecular weight is 328 g/mol. The number of ether oxygens (including phenoxy) is 2. The van der Waals surface area contributed by atoms with Crippen LogP contribution in [0.4, 0.5) is 11.4 Å². The van der Waals surface area contributed by atoms with E-state index in [-0.39, 0.29) is 41.1 Å². The van der Waals surface area contributed by atoms with Gasteiger partial charge >= 0.3 is 0 Å². The molecule has 2 aromatic carbocycles. The average Bonchev–Trinajstić information content (AvgIpc) is 2.70. The summed E-state index contributed by atoms with van der Waals surface area (Å²) in [4.78, 5) is 26.4. The van der Waals surface area contributed by atoms with E-state index in [1.54, 1.807) is 31.4 Å². The Morgan fingerprint density at radius 1 is 1.08 bits per heavy atom. The first kappa shape index (κ1) is 15.7. The van der Waals surface area contributed by atoms with Gasteiger partial charge in [-0.15, -0.1) is 0 Å². The first-order valence-corrected chi connectivity index (χ1v) is 7.20. The Morgan fingerprint density at radius 3 is 2.42 bits per heavy atom. The van der Waals surface area contributed by atoms with Crippen LogP contribution >= 0.6 is 0 Å². The second-order valence-electron chi connectivity index (χ2n) is 5.21. The molecule has 0 radical (unpaired) electrons. The summed E-state index contributed by atoms with van der Waals surface area (Å²) in [6, 6.07) is 9.55. The summed E-state index contributed by atoms with van der Waals surface area (Å²) in [6.07, 6.45) is 0. The standard InChI is InChI=1S/C17H16N2O5/c1-23-11-5-3-10(4-6-11)19-9-16(21)18-13-8-14(20)15(24-2)7-12(13)17(19)22/h3-8,20H,9H2,1-2H3,(H,18,21). The van der Waals surface area contributed by atoms with Crippen LogP contribution in [0, 0.1) is 0 Å². The molecule has 2 amide bonds. The van der Waals surface area contributed by atoms with E-state index >= 15 is 0 Å². The number of amides is 2. The molecule has 24 heavy (non-hydrogen) atoms. The highest BCUT2D eigenvalue weighted by Crippen LogP contribution is 2.35. The fourth-order valence-electron chi connectivity index (χ4n) is 2.53. The van der Waals surface area contributed by atoms with Crippen molar-refractivity contribution >= 4 is 23.2 Å². The number of methoxy groups -OCH3 is 2. The Bertz CT molecular complexity index is 801. The van der Waals surface area contributed by atoms with Gasteiger partial charge in [0.05, 0.1) is 25.5 Å². The zero-order valence-corrected chi connectivity index (χ0v) is 13.2. The first-order chi connectivity index (χ1) is 11.5. The number of carbonyl (C=O) groups is 2. The van der Waals surface area contributed by atoms with Gasteiger partial charge in [0, 0.05) is 11.8 Å². The summed E-state index contributed by atoms with van der Waals surface area (Å²) in [6.45, 7) is -0.136. The van der Waals surface area contributed by atoms with Gasteiger partial charge in [-0.25, -0.2) is 0 Å². The van der Waals surface area contributed by atoms with Gasteiger partial charge in [0.2, 0.25) is 5.91 Å². The van der Waals surface area contributed by atoms with Gasteiger partial charge in [-0.3, -0.25) is 14.5 Å². The minimum absolute atomic E-state index is 0.136. The molecular weight excluding hydrogens is 312 g/mol. The highest BCUT2D eigenvalue weighted by molar-refractivity contribution is 6.17. The van der Waals surface area contributed by atoms with Crippen LogP contribution in [0.5, 0.6) is 17.2 Å². The van der Waals surface area contributed by atoms with Gasteiger partial charge in [-0.1, -0.05) is 0 Å². The molecule has 1 heterocycles. The Hall–Kier alpha value is -3.22. The van der Waals surface area contributed by atoms with E-state index in [0.717, 1.165) is 0 Å². The molecule has 124 valence electrons. The summed E-state index contributed by atoms with van der Waals surface area (Å²) >= 11 is 0. The van der Waals surface area contributed by atoms with Gasteiger partial charge in [-0.05, 0) is 30.3 Å². The number of fused-ring (bicyclic) bond motifs is 1. The summed E-state index contributed by atoms with van der Waals surface area (Å²) in [5, 5.41) is 12.5. The summed E-state index contributed by atoms with van der Waals surface area (Å²) in [5.41, 5.74) is 1.06. The molecule has 2 aromatic rings. The number of phenolic OH excluding ortho intramolecular Hbond substituents is 1. The Balaban J connectivity index is 2.06. The number of carbonyl (C=O) groups excluding carboxylic acids is 2. The maximum Gasteiger partial charge on any atom is 0.261 e. The third-order valence-electron chi connectivity index (χ3n) is 3.75. The Morgan fingerprint density at radius 2 is 1.79 bits per heavy atom. The summed E-state index contributed by atoms with van der Waals surface area (Å²) in [7, 11) is 2.94. The fraction of sp³-hybridized carbons (Fsp3) is 0.176. The number of rotatable bonds is 3. The van der Waals surface area contributed by atoms with Gasteiger partial charge < -0.3 is 19.9 Å². The van der Waals surface area contributed by atoms with Crippen LogP contribution in [-0.4, -0.2) is 37.7 Å². The molecule has 0 spiro atoms. The molecule has 0 bridgehead atoms. The predicted octanol–water partition coefficient (Wildman–Crippen LogP) is 2.01. The van der Waals surface area contributed by atoms with Gasteiger partial charge in [0.15, 0.2) is 11.5 Å². The Labute approximate surface area is 138 Å². The molecule has 0 saturated carbocycles. The van der Waals surface area contributed by atoms with E-state index in [1.807, 2.05) is 0 Å². The number of benzene rings is 2. The number of hydrogen-bond acceptors (Lipinski definition) is 5. The normalized spacial score (nSPS) is 13.8. The lowest BCUT2D eigenvalue weighted by atomic mass is 10.1. The number of hydrogen-bond donors (Lipinski definition) is 2. The summed E-state index contributed by atoms with van der Waals surface area (Å²) < 4.78 is 10.2. The minimum Gasteiger partial charge on any atom is -0.504 e. The minimum atomic E-state index is -0.369. The van der Waals surface area contributed by atoms with Gasteiger partial charge in [-0.2, -0.15) is 0 Å². The maximum absolute atomic E-state index is 12.9.